The monoisotopic (exact) mass is 919 g/mol. The van der Waals surface area contributed by atoms with E-state index < -0.39 is 23.5 Å². The Morgan fingerprint density at radius 3 is 1.94 bits per heavy atom. The molecule has 1 atom stereocenters. The third-order valence-corrected chi connectivity index (χ3v) is 15.4. The summed E-state index contributed by atoms with van der Waals surface area (Å²) in [6.45, 7) is 25.1. The van der Waals surface area contributed by atoms with Crippen molar-refractivity contribution in [3.8, 4) is 78.6 Å². The van der Waals surface area contributed by atoms with E-state index >= 15 is 0 Å². The highest BCUT2D eigenvalue weighted by Crippen LogP contribution is 2.56. The van der Waals surface area contributed by atoms with Crippen LogP contribution in [0.3, 0.4) is 0 Å². The van der Waals surface area contributed by atoms with Gasteiger partial charge >= 0.3 is 11.7 Å². The van der Waals surface area contributed by atoms with Crippen LogP contribution in [-0.2, 0) is 11.3 Å². The Balaban J connectivity index is 1.22. The first-order valence-corrected chi connectivity index (χ1v) is 25.1. The zero-order chi connectivity index (χ0) is 51.5. The summed E-state index contributed by atoms with van der Waals surface area (Å²) < 4.78 is 43.9. The van der Waals surface area contributed by atoms with Gasteiger partial charge in [-0.05, 0) is 145 Å². The molecule has 4 nitrogen and oxygen atoms in total. The first-order valence-electron chi connectivity index (χ1n) is 26.6. The van der Waals surface area contributed by atoms with Crippen LogP contribution in [-0.4, -0.2) is 4.57 Å². The van der Waals surface area contributed by atoms with E-state index in [1.807, 2.05) is 41.5 Å². The van der Waals surface area contributed by atoms with Crippen molar-refractivity contribution in [2.24, 2.45) is 0 Å². The Hall–Kier alpha value is -7.04. The molecule has 7 aromatic carbocycles. The molecule has 0 saturated carbocycles. The van der Waals surface area contributed by atoms with Crippen molar-refractivity contribution in [1.29, 1.82) is 0 Å². The first kappa shape index (κ1) is 40.8. The van der Waals surface area contributed by atoms with E-state index in [1.54, 1.807) is 0 Å². The molecule has 3 aliphatic rings. The number of nitrogens with zero attached hydrogens (tertiary/aromatic N) is 3. The lowest BCUT2D eigenvalue weighted by molar-refractivity contribution is -0.997. The number of hydrogen-bond donors (Lipinski definition) is 0. The normalized spacial score (nSPS) is 16.3. The highest BCUT2D eigenvalue weighted by molar-refractivity contribution is 5.99. The highest BCUT2D eigenvalue weighted by atomic mass is 16.5. The van der Waals surface area contributed by atoms with Gasteiger partial charge < -0.3 is 4.74 Å². The number of para-hydroxylation sites is 1. The Bertz CT molecular complexity index is 3780. The summed E-state index contributed by atoms with van der Waals surface area (Å²) in [5.41, 5.74) is 22.3. The topological polar surface area (TPSA) is 21.9 Å². The summed E-state index contributed by atoms with van der Waals surface area (Å²) in [5.74, 6) is -2.28. The SMILES string of the molecule is [2H]C(C)(C)c1cc2c(c(C([2H])(C)C)c1)OC13c4c(cc(-c5ccccc5)cc4-c4cc(-c5ccc(C(C)(C)C)cc5)cc[n+]41)-c1cccc4c1[n+]3c-2n4-c1ccc(-c2c(C(C)C)cccc2C([2H])(C)C)cc1C. The average Bonchev–Trinajstić information content (AvgIpc) is 3.83. The molecule has 0 saturated heterocycles. The van der Waals surface area contributed by atoms with Gasteiger partial charge in [-0.25, -0.2) is 0 Å². The van der Waals surface area contributed by atoms with Gasteiger partial charge in [0.1, 0.15) is 16.8 Å². The van der Waals surface area contributed by atoms with E-state index in [0.29, 0.717) is 5.75 Å². The van der Waals surface area contributed by atoms with Crippen LogP contribution in [0.25, 0.3) is 83.9 Å². The van der Waals surface area contributed by atoms with Crippen molar-refractivity contribution >= 4 is 11.0 Å². The number of hydrogen-bond acceptors (Lipinski definition) is 1. The minimum absolute atomic E-state index is 0.0315. The first-order chi connectivity index (χ1) is 34.5. The molecule has 4 heteroatoms. The summed E-state index contributed by atoms with van der Waals surface area (Å²) in [7, 11) is 0. The third-order valence-electron chi connectivity index (χ3n) is 15.4. The molecule has 0 N–H and O–H groups in total. The number of fused-ring (bicyclic) bond motifs is 5. The molecule has 0 radical (unpaired) electrons. The fourth-order valence-corrected chi connectivity index (χ4v) is 11.8. The zero-order valence-corrected chi connectivity index (χ0v) is 42.8. The molecule has 12 rings (SSSR count). The van der Waals surface area contributed by atoms with Gasteiger partial charge in [0.25, 0.3) is 0 Å². The number of rotatable bonds is 8. The second-order valence-corrected chi connectivity index (χ2v) is 22.0. The lowest BCUT2D eigenvalue weighted by atomic mass is 9.84. The smallest absolute Gasteiger partial charge is 0.392 e. The van der Waals surface area contributed by atoms with E-state index in [2.05, 4.69) is 207 Å². The Kier molecular flexibility index (Phi) is 9.17. The summed E-state index contributed by atoms with van der Waals surface area (Å²) in [6.07, 6.45) is 2.22. The lowest BCUT2D eigenvalue weighted by Crippen LogP contribution is -2.78. The third kappa shape index (κ3) is 6.34. The summed E-state index contributed by atoms with van der Waals surface area (Å²) in [6, 6.07) is 53.2. The molecule has 0 amide bonds. The van der Waals surface area contributed by atoms with Crippen LogP contribution in [0.2, 0.25) is 0 Å². The van der Waals surface area contributed by atoms with Gasteiger partial charge in [-0.1, -0.05) is 167 Å². The van der Waals surface area contributed by atoms with Crippen LogP contribution in [0.1, 0.15) is 143 Å². The fraction of sp³-hybridized carbons (Fsp3) is 0.273. The lowest BCUT2D eigenvalue weighted by Gasteiger charge is -2.34. The second kappa shape index (κ2) is 15.7. The van der Waals surface area contributed by atoms with Crippen LogP contribution < -0.4 is 13.9 Å². The number of aromatic nitrogens is 3. The van der Waals surface area contributed by atoms with Gasteiger partial charge in [-0.3, -0.25) is 0 Å². The van der Waals surface area contributed by atoms with Gasteiger partial charge in [0, 0.05) is 27.4 Å². The van der Waals surface area contributed by atoms with Crippen molar-refractivity contribution in [1.82, 2.24) is 4.57 Å². The maximum Gasteiger partial charge on any atom is 0.499 e. The molecule has 3 aliphatic heterocycles. The number of ether oxygens (including phenoxy) is 1. The van der Waals surface area contributed by atoms with E-state index in [0.717, 1.165) is 112 Å². The van der Waals surface area contributed by atoms with Crippen molar-refractivity contribution in [3.05, 3.63) is 191 Å². The van der Waals surface area contributed by atoms with Crippen molar-refractivity contribution < 1.29 is 18.0 Å². The largest absolute Gasteiger partial charge is 0.499 e. The fourth-order valence-electron chi connectivity index (χ4n) is 11.8. The van der Waals surface area contributed by atoms with E-state index in [4.69, 9.17) is 4.74 Å². The standard InChI is InChI=1S/C66H65N3O/c1-38(2)47-33-53(41(7)8)63-56(34-47)64-68(57-29-26-46(32-42(57)9)60-50(39(3)4)20-16-21-51(60)40(5)6)58-23-17-22-52-54-35-48(43-18-14-13-15-19-43)36-55-59-37-45(44-24-27-49(28-25-44)65(10,11)12)30-31-67(59)66(70-63,61(54)55)69(64)62(52)58/h13-41H,1-12H3/q+2/i38D,39D,41D. The molecule has 1 spiro atoms. The number of pyridine rings is 1. The molecule has 0 aliphatic carbocycles. The molecule has 0 bridgehead atoms. The van der Waals surface area contributed by atoms with Crippen LogP contribution >= 0.6 is 0 Å². The van der Waals surface area contributed by atoms with Crippen LogP contribution in [0.5, 0.6) is 5.75 Å². The average molecular weight is 919 g/mol. The molecule has 9 aromatic rings. The molecular formula is C66H65N3O+2. The number of imidazole rings is 1. The molecule has 0 fully saturated rings. The predicted molar refractivity (Wildman–Crippen MR) is 289 cm³/mol. The van der Waals surface area contributed by atoms with E-state index in [1.165, 1.54) is 11.1 Å². The van der Waals surface area contributed by atoms with Crippen LogP contribution in [0, 0.1) is 6.92 Å². The van der Waals surface area contributed by atoms with Gasteiger partial charge in [-0.15, -0.1) is 9.13 Å². The van der Waals surface area contributed by atoms with Gasteiger partial charge in [-0.2, -0.15) is 4.57 Å². The minimum Gasteiger partial charge on any atom is -0.392 e. The van der Waals surface area contributed by atoms with Gasteiger partial charge in [0.15, 0.2) is 23.0 Å². The van der Waals surface area contributed by atoms with Gasteiger partial charge in [0.05, 0.1) is 5.56 Å². The molecule has 348 valence electrons. The minimum atomic E-state index is -1.25. The zero-order valence-electron chi connectivity index (χ0n) is 45.8. The van der Waals surface area contributed by atoms with Crippen molar-refractivity contribution in [3.63, 3.8) is 0 Å². The maximum atomic E-state index is 9.85. The summed E-state index contributed by atoms with van der Waals surface area (Å²) >= 11 is 0. The van der Waals surface area contributed by atoms with Crippen LogP contribution in [0.4, 0.5) is 0 Å². The maximum absolute atomic E-state index is 9.85. The van der Waals surface area contributed by atoms with Gasteiger partial charge in [0.2, 0.25) is 5.69 Å². The Morgan fingerprint density at radius 2 is 1.26 bits per heavy atom. The molecule has 5 heterocycles. The number of benzene rings is 7. The number of aryl methyl sites for hydroxylation is 1. The Labute approximate surface area is 419 Å². The molecule has 1 unspecified atom stereocenters. The van der Waals surface area contributed by atoms with Crippen molar-refractivity contribution in [2.75, 3.05) is 0 Å². The Morgan fingerprint density at radius 1 is 0.571 bits per heavy atom. The quantitative estimate of drug-likeness (QED) is 0.139. The van der Waals surface area contributed by atoms with Crippen LogP contribution in [0.15, 0.2) is 152 Å². The summed E-state index contributed by atoms with van der Waals surface area (Å²) in [5, 5.41) is 0. The van der Waals surface area contributed by atoms with E-state index in [9.17, 15) is 4.11 Å². The molecule has 2 aromatic heterocycles. The summed E-state index contributed by atoms with van der Waals surface area (Å²) in [4.78, 5) is 0. The molecule has 70 heavy (non-hydrogen) atoms. The predicted octanol–water partition coefficient (Wildman–Crippen LogP) is 16.5. The highest BCUT2D eigenvalue weighted by Gasteiger charge is 2.69. The van der Waals surface area contributed by atoms with Crippen molar-refractivity contribution in [2.45, 2.75) is 118 Å². The second-order valence-electron chi connectivity index (χ2n) is 22.0. The van der Waals surface area contributed by atoms with E-state index in [-0.39, 0.29) is 11.3 Å². The molecular weight excluding hydrogens is 851 g/mol.